The molecular weight excluding hydrogens is 262 g/mol. The van der Waals surface area contributed by atoms with E-state index in [1.165, 1.54) is 24.9 Å². The number of pyridine rings is 1. The van der Waals surface area contributed by atoms with Crippen LogP contribution >= 0.6 is 0 Å². The summed E-state index contributed by atoms with van der Waals surface area (Å²) in [5.41, 5.74) is 1.36. The van der Waals surface area contributed by atoms with Crippen LogP contribution < -0.4 is 0 Å². The van der Waals surface area contributed by atoms with Crippen molar-refractivity contribution >= 4 is 0 Å². The number of likely N-dealkylation sites (tertiary alicyclic amines) is 1. The lowest BCUT2D eigenvalue weighted by molar-refractivity contribution is 0.0927. The van der Waals surface area contributed by atoms with Gasteiger partial charge in [-0.05, 0) is 69.9 Å². The Morgan fingerprint density at radius 3 is 2.62 bits per heavy atom. The molecule has 1 aliphatic rings. The Morgan fingerprint density at radius 1 is 1.33 bits per heavy atom. The van der Waals surface area contributed by atoms with Gasteiger partial charge in [-0.3, -0.25) is 4.98 Å². The average molecular weight is 291 g/mol. The highest BCUT2D eigenvalue weighted by molar-refractivity contribution is 5.09. The smallest absolute Gasteiger partial charge is 0.0639 e. The Morgan fingerprint density at radius 2 is 2.00 bits per heavy atom. The molecule has 1 aromatic rings. The van der Waals surface area contributed by atoms with Crippen molar-refractivity contribution in [1.29, 1.82) is 0 Å². The molecular formula is C17H29N3O. The van der Waals surface area contributed by atoms with Gasteiger partial charge in [0.25, 0.3) is 0 Å². The van der Waals surface area contributed by atoms with Crippen LogP contribution in [0.2, 0.25) is 0 Å². The molecule has 1 aliphatic heterocycles. The van der Waals surface area contributed by atoms with Gasteiger partial charge >= 0.3 is 0 Å². The fraction of sp³-hybridized carbons (Fsp3) is 0.706. The summed E-state index contributed by atoms with van der Waals surface area (Å²) in [6, 6.07) is 4.20. The molecule has 0 saturated carbocycles. The van der Waals surface area contributed by atoms with Crippen molar-refractivity contribution < 1.29 is 5.11 Å². The highest BCUT2D eigenvalue weighted by Crippen LogP contribution is 2.18. The Bertz CT molecular complexity index is 388. The van der Waals surface area contributed by atoms with E-state index in [1.54, 1.807) is 0 Å². The summed E-state index contributed by atoms with van der Waals surface area (Å²) in [4.78, 5) is 8.90. The number of nitrogens with zero attached hydrogens (tertiary/aromatic N) is 3. The van der Waals surface area contributed by atoms with Gasteiger partial charge in [-0.1, -0.05) is 0 Å². The minimum Gasteiger partial charge on any atom is -0.392 e. The number of piperidine rings is 1. The molecule has 1 aromatic heterocycles. The molecule has 2 rings (SSSR count). The van der Waals surface area contributed by atoms with Crippen LogP contribution in [0.3, 0.4) is 0 Å². The van der Waals surface area contributed by atoms with E-state index in [9.17, 15) is 5.11 Å². The van der Waals surface area contributed by atoms with Crippen molar-refractivity contribution in [3.63, 3.8) is 0 Å². The number of β-amino-alcohol motifs (C(OH)–C–C–N with tert-alkyl or cyclic N) is 1. The zero-order valence-electron chi connectivity index (χ0n) is 13.4. The number of aliphatic hydroxyl groups excluding tert-OH is 1. The van der Waals surface area contributed by atoms with E-state index in [2.05, 4.69) is 34.0 Å². The third-order valence-electron chi connectivity index (χ3n) is 4.33. The maximum Gasteiger partial charge on any atom is 0.0639 e. The van der Waals surface area contributed by atoms with Gasteiger partial charge < -0.3 is 14.9 Å². The van der Waals surface area contributed by atoms with E-state index in [1.807, 2.05) is 19.3 Å². The second kappa shape index (κ2) is 8.47. The van der Waals surface area contributed by atoms with Crippen molar-refractivity contribution in [3.8, 4) is 0 Å². The summed E-state index contributed by atoms with van der Waals surface area (Å²) in [6.07, 6.45) is 7.14. The summed E-state index contributed by atoms with van der Waals surface area (Å²) in [6.45, 7) is 7.26. The molecule has 1 unspecified atom stereocenters. The summed E-state index contributed by atoms with van der Waals surface area (Å²) in [5.74, 6) is 0.803. The fourth-order valence-electron chi connectivity index (χ4n) is 3.13. The fourth-order valence-corrected chi connectivity index (χ4v) is 3.13. The molecule has 0 spiro atoms. The topological polar surface area (TPSA) is 39.6 Å². The molecule has 1 saturated heterocycles. The van der Waals surface area contributed by atoms with Gasteiger partial charge in [0, 0.05) is 32.0 Å². The first-order valence-electron chi connectivity index (χ1n) is 8.11. The third-order valence-corrected chi connectivity index (χ3v) is 4.33. The van der Waals surface area contributed by atoms with Crippen LogP contribution in [-0.2, 0) is 6.42 Å². The molecule has 21 heavy (non-hydrogen) atoms. The van der Waals surface area contributed by atoms with Crippen LogP contribution in [0.5, 0.6) is 0 Å². The highest BCUT2D eigenvalue weighted by Gasteiger charge is 2.20. The summed E-state index contributed by atoms with van der Waals surface area (Å²) in [5, 5.41) is 9.44. The van der Waals surface area contributed by atoms with Gasteiger partial charge in [0.15, 0.2) is 0 Å². The van der Waals surface area contributed by atoms with Gasteiger partial charge in [0.05, 0.1) is 6.10 Å². The van der Waals surface area contributed by atoms with E-state index in [4.69, 9.17) is 0 Å². The maximum absolute atomic E-state index is 9.44. The number of hydrogen-bond donors (Lipinski definition) is 1. The predicted octanol–water partition coefficient (Wildman–Crippen LogP) is 1.65. The molecule has 2 heterocycles. The minimum atomic E-state index is -0.204. The minimum absolute atomic E-state index is 0.204. The van der Waals surface area contributed by atoms with Crippen LogP contribution in [0.4, 0.5) is 0 Å². The van der Waals surface area contributed by atoms with Crippen molar-refractivity contribution in [2.24, 2.45) is 5.92 Å². The zero-order chi connectivity index (χ0) is 15.1. The van der Waals surface area contributed by atoms with Crippen molar-refractivity contribution in [1.82, 2.24) is 14.8 Å². The zero-order valence-corrected chi connectivity index (χ0v) is 13.4. The molecule has 1 atom stereocenters. The second-order valence-electron chi connectivity index (χ2n) is 6.46. The molecule has 1 fully saturated rings. The maximum atomic E-state index is 9.44. The van der Waals surface area contributed by atoms with Crippen LogP contribution in [0.1, 0.15) is 25.3 Å². The standard InChI is InChI=1S/C17H29N3O/c1-15(21)13-20-11-6-17(7-12-20)14-19(2)10-5-16-3-8-18-9-4-16/h3-4,8-9,15,17,21H,5-7,10-14H2,1-2H3. The van der Waals surface area contributed by atoms with Crippen molar-refractivity contribution in [3.05, 3.63) is 30.1 Å². The summed E-state index contributed by atoms with van der Waals surface area (Å²) in [7, 11) is 2.23. The molecule has 0 aliphatic carbocycles. The first-order chi connectivity index (χ1) is 10.1. The number of aliphatic hydroxyl groups is 1. The van der Waals surface area contributed by atoms with E-state index in [-0.39, 0.29) is 6.10 Å². The molecule has 4 nitrogen and oxygen atoms in total. The Labute approximate surface area is 128 Å². The Balaban J connectivity index is 1.64. The first kappa shape index (κ1) is 16.4. The highest BCUT2D eigenvalue weighted by atomic mass is 16.3. The first-order valence-corrected chi connectivity index (χ1v) is 8.11. The molecule has 1 N–H and O–H groups in total. The molecule has 4 heteroatoms. The molecule has 118 valence electrons. The number of hydrogen-bond acceptors (Lipinski definition) is 4. The second-order valence-corrected chi connectivity index (χ2v) is 6.46. The lowest BCUT2D eigenvalue weighted by Crippen LogP contribution is -2.40. The predicted molar refractivity (Wildman–Crippen MR) is 86.3 cm³/mol. The van der Waals surface area contributed by atoms with Gasteiger partial charge in [-0.25, -0.2) is 0 Å². The van der Waals surface area contributed by atoms with E-state index >= 15 is 0 Å². The lowest BCUT2D eigenvalue weighted by atomic mass is 9.96. The van der Waals surface area contributed by atoms with Gasteiger partial charge in [0.2, 0.25) is 0 Å². The largest absolute Gasteiger partial charge is 0.392 e. The quantitative estimate of drug-likeness (QED) is 0.829. The summed E-state index contributed by atoms with van der Waals surface area (Å²) < 4.78 is 0. The Hall–Kier alpha value is -0.970. The lowest BCUT2D eigenvalue weighted by Gasteiger charge is -2.34. The average Bonchev–Trinajstić information content (AvgIpc) is 2.48. The van der Waals surface area contributed by atoms with Crippen LogP contribution in [0, 0.1) is 5.92 Å². The molecule has 0 amide bonds. The third kappa shape index (κ3) is 6.12. The molecule has 0 aromatic carbocycles. The number of rotatable bonds is 7. The summed E-state index contributed by atoms with van der Waals surface area (Å²) >= 11 is 0. The van der Waals surface area contributed by atoms with Crippen LogP contribution in [0.15, 0.2) is 24.5 Å². The van der Waals surface area contributed by atoms with E-state index in [0.717, 1.165) is 38.5 Å². The van der Waals surface area contributed by atoms with Crippen molar-refractivity contribution in [2.45, 2.75) is 32.3 Å². The molecule has 0 radical (unpaired) electrons. The van der Waals surface area contributed by atoms with Gasteiger partial charge in [0.1, 0.15) is 0 Å². The van der Waals surface area contributed by atoms with E-state index < -0.39 is 0 Å². The van der Waals surface area contributed by atoms with Crippen molar-refractivity contribution in [2.75, 3.05) is 39.8 Å². The normalized spacial score (nSPS) is 19.0. The SMILES string of the molecule is CC(O)CN1CCC(CN(C)CCc2ccncc2)CC1. The monoisotopic (exact) mass is 291 g/mol. The number of likely N-dealkylation sites (N-methyl/N-ethyl adjacent to an activating group) is 1. The molecule has 0 bridgehead atoms. The van der Waals surface area contributed by atoms with Crippen LogP contribution in [-0.4, -0.2) is 65.8 Å². The van der Waals surface area contributed by atoms with Crippen LogP contribution in [0.25, 0.3) is 0 Å². The van der Waals surface area contributed by atoms with Gasteiger partial charge in [-0.2, -0.15) is 0 Å². The van der Waals surface area contributed by atoms with Gasteiger partial charge in [-0.15, -0.1) is 0 Å². The Kier molecular flexibility index (Phi) is 6.61. The van der Waals surface area contributed by atoms with E-state index in [0.29, 0.717) is 0 Å². The number of aromatic nitrogens is 1.